The highest BCUT2D eigenvalue weighted by Gasteiger charge is 2.19. The SMILES string of the molecule is CN(C)S(=O)(=O)c1cccc(C(=O)NCC(=O)NCC(O)c2ccccc2)c1. The Bertz CT molecular complexity index is 930. The van der Waals surface area contributed by atoms with Gasteiger partial charge in [0, 0.05) is 26.2 Å². The van der Waals surface area contributed by atoms with Crippen molar-refractivity contribution in [1.29, 1.82) is 0 Å². The molecule has 0 aliphatic rings. The quantitative estimate of drug-likeness (QED) is 0.592. The lowest BCUT2D eigenvalue weighted by molar-refractivity contribution is -0.120. The van der Waals surface area contributed by atoms with Crippen molar-refractivity contribution in [3.05, 3.63) is 65.7 Å². The number of carbonyl (C=O) groups is 2. The van der Waals surface area contributed by atoms with Crippen LogP contribution in [0.1, 0.15) is 22.0 Å². The lowest BCUT2D eigenvalue weighted by Gasteiger charge is -2.13. The minimum absolute atomic E-state index is 0.00921. The van der Waals surface area contributed by atoms with Gasteiger partial charge in [0.15, 0.2) is 0 Å². The molecule has 0 radical (unpaired) electrons. The minimum Gasteiger partial charge on any atom is -0.387 e. The smallest absolute Gasteiger partial charge is 0.251 e. The molecular formula is C19H23N3O5S. The summed E-state index contributed by atoms with van der Waals surface area (Å²) in [5.41, 5.74) is 0.797. The fraction of sp³-hybridized carbons (Fsp3) is 0.263. The summed E-state index contributed by atoms with van der Waals surface area (Å²) in [7, 11) is -0.864. The molecule has 1 unspecified atom stereocenters. The molecule has 150 valence electrons. The van der Waals surface area contributed by atoms with Gasteiger partial charge in [-0.2, -0.15) is 0 Å². The Kier molecular flexibility index (Phi) is 7.27. The highest BCUT2D eigenvalue weighted by Crippen LogP contribution is 2.15. The largest absolute Gasteiger partial charge is 0.387 e. The second-order valence-corrected chi connectivity index (χ2v) is 8.38. The summed E-state index contributed by atoms with van der Waals surface area (Å²) in [4.78, 5) is 24.1. The van der Waals surface area contributed by atoms with E-state index in [1.165, 1.54) is 38.4 Å². The lowest BCUT2D eigenvalue weighted by atomic mass is 10.1. The third-order valence-corrected chi connectivity index (χ3v) is 5.77. The van der Waals surface area contributed by atoms with Crippen LogP contribution in [0.5, 0.6) is 0 Å². The van der Waals surface area contributed by atoms with Crippen molar-refractivity contribution in [3.8, 4) is 0 Å². The van der Waals surface area contributed by atoms with Crippen LogP contribution in [0.25, 0.3) is 0 Å². The Morgan fingerprint density at radius 2 is 1.71 bits per heavy atom. The van der Waals surface area contributed by atoms with E-state index >= 15 is 0 Å². The van der Waals surface area contributed by atoms with E-state index in [0.717, 1.165) is 4.31 Å². The van der Waals surface area contributed by atoms with Crippen LogP contribution in [0.2, 0.25) is 0 Å². The molecule has 2 aromatic rings. The number of carbonyl (C=O) groups excluding carboxylic acids is 2. The number of hydrogen-bond acceptors (Lipinski definition) is 5. The van der Waals surface area contributed by atoms with Crippen molar-refractivity contribution < 1.29 is 23.1 Å². The van der Waals surface area contributed by atoms with Crippen molar-refractivity contribution in [1.82, 2.24) is 14.9 Å². The highest BCUT2D eigenvalue weighted by molar-refractivity contribution is 7.89. The first-order chi connectivity index (χ1) is 13.2. The summed E-state index contributed by atoms with van der Waals surface area (Å²) in [6.07, 6.45) is -0.853. The molecule has 0 heterocycles. The second-order valence-electron chi connectivity index (χ2n) is 6.23. The van der Waals surface area contributed by atoms with Crippen LogP contribution >= 0.6 is 0 Å². The van der Waals surface area contributed by atoms with Crippen molar-refractivity contribution in [2.75, 3.05) is 27.2 Å². The van der Waals surface area contributed by atoms with E-state index in [1.54, 1.807) is 24.3 Å². The van der Waals surface area contributed by atoms with Crippen molar-refractivity contribution in [2.24, 2.45) is 0 Å². The summed E-state index contributed by atoms with van der Waals surface area (Å²) < 4.78 is 25.3. The van der Waals surface area contributed by atoms with Gasteiger partial charge in [-0.05, 0) is 23.8 Å². The van der Waals surface area contributed by atoms with Gasteiger partial charge in [0.2, 0.25) is 15.9 Å². The maximum atomic E-state index is 12.2. The van der Waals surface area contributed by atoms with E-state index < -0.39 is 27.9 Å². The molecule has 0 spiro atoms. The van der Waals surface area contributed by atoms with Gasteiger partial charge >= 0.3 is 0 Å². The lowest BCUT2D eigenvalue weighted by Crippen LogP contribution is -2.38. The molecule has 0 saturated heterocycles. The third kappa shape index (κ3) is 5.62. The Hall–Kier alpha value is -2.75. The number of aliphatic hydroxyl groups excluding tert-OH is 1. The fourth-order valence-corrected chi connectivity index (χ4v) is 3.29. The standard InChI is InChI=1S/C19H23N3O5S/c1-22(2)28(26,27)16-10-6-9-15(11-16)19(25)21-13-18(24)20-12-17(23)14-7-4-3-5-8-14/h3-11,17,23H,12-13H2,1-2H3,(H,20,24)(H,21,25). The zero-order valence-electron chi connectivity index (χ0n) is 15.6. The Labute approximate surface area is 164 Å². The zero-order valence-corrected chi connectivity index (χ0v) is 16.4. The molecule has 0 aromatic heterocycles. The topological polar surface area (TPSA) is 116 Å². The van der Waals surface area contributed by atoms with E-state index in [-0.39, 0.29) is 23.5 Å². The average molecular weight is 405 g/mol. The molecule has 2 aromatic carbocycles. The van der Waals surface area contributed by atoms with Crippen molar-refractivity contribution >= 4 is 21.8 Å². The monoisotopic (exact) mass is 405 g/mol. The van der Waals surface area contributed by atoms with Crippen molar-refractivity contribution in [2.45, 2.75) is 11.0 Å². The molecule has 28 heavy (non-hydrogen) atoms. The van der Waals surface area contributed by atoms with Gasteiger partial charge < -0.3 is 15.7 Å². The summed E-state index contributed by atoms with van der Waals surface area (Å²) in [5.74, 6) is -1.05. The Morgan fingerprint density at radius 1 is 1.04 bits per heavy atom. The van der Waals surface area contributed by atoms with Crippen LogP contribution < -0.4 is 10.6 Å². The maximum absolute atomic E-state index is 12.2. The average Bonchev–Trinajstić information content (AvgIpc) is 2.70. The highest BCUT2D eigenvalue weighted by atomic mass is 32.2. The third-order valence-electron chi connectivity index (χ3n) is 3.96. The van der Waals surface area contributed by atoms with Crippen LogP contribution in [0, 0.1) is 0 Å². The molecule has 2 amide bonds. The van der Waals surface area contributed by atoms with Crippen LogP contribution in [-0.4, -0.2) is 56.8 Å². The predicted molar refractivity (Wildman–Crippen MR) is 104 cm³/mol. The van der Waals surface area contributed by atoms with Gasteiger partial charge in [0.1, 0.15) is 0 Å². The van der Waals surface area contributed by atoms with Gasteiger partial charge in [-0.1, -0.05) is 36.4 Å². The van der Waals surface area contributed by atoms with E-state index in [0.29, 0.717) is 5.56 Å². The first-order valence-corrected chi connectivity index (χ1v) is 9.96. The fourth-order valence-electron chi connectivity index (χ4n) is 2.34. The minimum atomic E-state index is -3.66. The van der Waals surface area contributed by atoms with Gasteiger partial charge in [0.05, 0.1) is 17.5 Å². The number of sulfonamides is 1. The molecule has 9 heteroatoms. The van der Waals surface area contributed by atoms with Crippen LogP contribution in [0.4, 0.5) is 0 Å². The molecule has 2 rings (SSSR count). The van der Waals surface area contributed by atoms with E-state index in [4.69, 9.17) is 0 Å². The molecule has 3 N–H and O–H groups in total. The van der Waals surface area contributed by atoms with Crippen LogP contribution in [0.3, 0.4) is 0 Å². The number of nitrogens with one attached hydrogen (secondary N) is 2. The maximum Gasteiger partial charge on any atom is 0.251 e. The normalized spacial score (nSPS) is 12.4. The number of aliphatic hydroxyl groups is 1. The molecule has 0 saturated carbocycles. The first-order valence-electron chi connectivity index (χ1n) is 8.52. The molecule has 8 nitrogen and oxygen atoms in total. The van der Waals surface area contributed by atoms with Crippen LogP contribution in [-0.2, 0) is 14.8 Å². The van der Waals surface area contributed by atoms with E-state index in [1.807, 2.05) is 6.07 Å². The molecule has 0 aliphatic carbocycles. The number of rotatable bonds is 8. The summed E-state index contributed by atoms with van der Waals surface area (Å²) in [6.45, 7) is -0.291. The van der Waals surface area contributed by atoms with E-state index in [9.17, 15) is 23.1 Å². The van der Waals surface area contributed by atoms with Gasteiger partial charge in [0.25, 0.3) is 5.91 Å². The molecule has 0 bridgehead atoms. The number of benzene rings is 2. The summed E-state index contributed by atoms with van der Waals surface area (Å²) in [6, 6.07) is 14.4. The molecule has 0 aliphatic heterocycles. The first kappa shape index (κ1) is 21.5. The van der Waals surface area contributed by atoms with Gasteiger partial charge in [-0.3, -0.25) is 9.59 Å². The van der Waals surface area contributed by atoms with Crippen molar-refractivity contribution in [3.63, 3.8) is 0 Å². The molecule has 1 atom stereocenters. The van der Waals surface area contributed by atoms with Gasteiger partial charge in [-0.25, -0.2) is 12.7 Å². The second kappa shape index (κ2) is 9.45. The summed E-state index contributed by atoms with van der Waals surface area (Å²) in [5, 5.41) is 15.0. The molecule has 0 fully saturated rings. The Morgan fingerprint density at radius 3 is 2.36 bits per heavy atom. The van der Waals surface area contributed by atoms with E-state index in [2.05, 4.69) is 10.6 Å². The number of hydrogen-bond donors (Lipinski definition) is 3. The summed E-state index contributed by atoms with van der Waals surface area (Å²) >= 11 is 0. The van der Waals surface area contributed by atoms with Crippen LogP contribution in [0.15, 0.2) is 59.5 Å². The molecular weight excluding hydrogens is 382 g/mol. The van der Waals surface area contributed by atoms with Gasteiger partial charge in [-0.15, -0.1) is 0 Å². The number of nitrogens with zero attached hydrogens (tertiary/aromatic N) is 1. The zero-order chi connectivity index (χ0) is 20.7. The predicted octanol–water partition coefficient (Wildman–Crippen LogP) is 0.517. The Balaban J connectivity index is 1.89. The number of amides is 2.